The van der Waals surface area contributed by atoms with E-state index in [4.69, 9.17) is 4.74 Å². The van der Waals surface area contributed by atoms with E-state index in [1.807, 2.05) is 0 Å². The Labute approximate surface area is 121 Å². The molecule has 5 atom stereocenters. The highest BCUT2D eigenvalue weighted by atomic mass is 16.5. The van der Waals surface area contributed by atoms with E-state index < -0.39 is 6.10 Å². The summed E-state index contributed by atoms with van der Waals surface area (Å²) in [5, 5.41) is 20.4. The summed E-state index contributed by atoms with van der Waals surface area (Å²) in [7, 11) is 1.42. The van der Waals surface area contributed by atoms with Crippen molar-refractivity contribution in [2.45, 2.75) is 52.6 Å². The average molecular weight is 284 g/mol. The molecule has 0 aromatic rings. The normalized spacial score (nSPS) is 43.1. The summed E-state index contributed by atoms with van der Waals surface area (Å²) in [6.45, 7) is 6.32. The molecule has 0 bridgehead atoms. The van der Waals surface area contributed by atoms with Crippen LogP contribution in [0.5, 0.6) is 0 Å². The van der Waals surface area contributed by atoms with Crippen LogP contribution in [0.2, 0.25) is 0 Å². The van der Waals surface area contributed by atoms with Gasteiger partial charge in [0.2, 0.25) is 0 Å². The lowest BCUT2D eigenvalue weighted by molar-refractivity contribution is -0.143. The Bertz CT molecular complexity index is 379. The van der Waals surface area contributed by atoms with Crippen LogP contribution in [0.15, 0.2) is 0 Å². The molecule has 1 spiro atoms. The van der Waals surface area contributed by atoms with Crippen molar-refractivity contribution in [2.24, 2.45) is 28.6 Å². The van der Waals surface area contributed by atoms with Crippen LogP contribution in [-0.4, -0.2) is 36.0 Å². The van der Waals surface area contributed by atoms with Gasteiger partial charge in [-0.05, 0) is 41.9 Å². The Morgan fingerprint density at radius 2 is 2.00 bits per heavy atom. The van der Waals surface area contributed by atoms with Crippen molar-refractivity contribution in [3.8, 4) is 0 Å². The van der Waals surface area contributed by atoms with E-state index in [1.165, 1.54) is 7.11 Å². The average Bonchev–Trinajstić information content (AvgIpc) is 2.79. The second-order valence-corrected chi connectivity index (χ2v) is 7.47. The second-order valence-electron chi connectivity index (χ2n) is 7.47. The van der Waals surface area contributed by atoms with Gasteiger partial charge in [0.05, 0.1) is 13.2 Å². The fraction of sp³-hybridized carbons (Fsp3) is 0.938. The molecule has 0 saturated heterocycles. The molecule has 0 amide bonds. The van der Waals surface area contributed by atoms with Crippen molar-refractivity contribution < 1.29 is 19.7 Å². The maximum Gasteiger partial charge on any atom is 0.305 e. The monoisotopic (exact) mass is 284 g/mol. The van der Waals surface area contributed by atoms with Crippen LogP contribution in [0.4, 0.5) is 0 Å². The van der Waals surface area contributed by atoms with E-state index in [9.17, 15) is 15.0 Å². The molecule has 2 aliphatic rings. The molecule has 0 radical (unpaired) electrons. The van der Waals surface area contributed by atoms with Crippen molar-refractivity contribution in [3.63, 3.8) is 0 Å². The first kappa shape index (κ1) is 15.8. The maximum atomic E-state index is 11.7. The number of esters is 1. The molecule has 2 N–H and O–H groups in total. The molecule has 0 aliphatic heterocycles. The van der Waals surface area contributed by atoms with Crippen LogP contribution in [0, 0.1) is 28.6 Å². The molecule has 0 heterocycles. The van der Waals surface area contributed by atoms with Gasteiger partial charge < -0.3 is 14.9 Å². The van der Waals surface area contributed by atoms with Gasteiger partial charge in [0.1, 0.15) is 0 Å². The number of carbonyl (C=O) groups is 1. The minimum absolute atomic E-state index is 0.00733. The van der Waals surface area contributed by atoms with Gasteiger partial charge in [-0.3, -0.25) is 4.79 Å². The fourth-order valence-electron chi connectivity index (χ4n) is 5.09. The molecule has 4 heteroatoms. The number of aliphatic hydroxyl groups excluding tert-OH is 2. The van der Waals surface area contributed by atoms with Crippen LogP contribution in [0.25, 0.3) is 0 Å². The summed E-state index contributed by atoms with van der Waals surface area (Å²) in [4.78, 5) is 11.7. The summed E-state index contributed by atoms with van der Waals surface area (Å²) in [5.41, 5.74) is -0.341. The minimum Gasteiger partial charge on any atom is -0.469 e. The topological polar surface area (TPSA) is 66.8 Å². The van der Waals surface area contributed by atoms with Gasteiger partial charge in [0, 0.05) is 18.9 Å². The zero-order valence-corrected chi connectivity index (χ0v) is 13.1. The van der Waals surface area contributed by atoms with Crippen molar-refractivity contribution in [3.05, 3.63) is 0 Å². The Balaban J connectivity index is 2.35. The van der Waals surface area contributed by atoms with E-state index >= 15 is 0 Å². The van der Waals surface area contributed by atoms with E-state index in [-0.39, 0.29) is 35.2 Å². The molecular weight excluding hydrogens is 256 g/mol. The lowest BCUT2D eigenvalue weighted by Crippen LogP contribution is -2.41. The number of hydrogen-bond acceptors (Lipinski definition) is 4. The first-order valence-electron chi connectivity index (χ1n) is 7.65. The first-order valence-corrected chi connectivity index (χ1v) is 7.65. The highest BCUT2D eigenvalue weighted by Gasteiger charge is 2.63. The van der Waals surface area contributed by atoms with Gasteiger partial charge >= 0.3 is 5.97 Å². The molecule has 0 aromatic heterocycles. The Morgan fingerprint density at radius 1 is 1.35 bits per heavy atom. The molecule has 2 saturated carbocycles. The summed E-state index contributed by atoms with van der Waals surface area (Å²) in [6.07, 6.45) is 2.81. The molecule has 20 heavy (non-hydrogen) atoms. The zero-order valence-electron chi connectivity index (χ0n) is 13.1. The lowest BCUT2D eigenvalue weighted by atomic mass is 9.64. The highest BCUT2D eigenvalue weighted by Crippen LogP contribution is 2.65. The summed E-state index contributed by atoms with van der Waals surface area (Å²) < 4.78 is 4.83. The SMILES string of the molecule is COC(=O)C[C@@H]1CC[C@@H](C)[C@@]12CC(C)(C)[C@H](O)[C@H]2CO. The zero-order chi connectivity index (χ0) is 15.1. The smallest absolute Gasteiger partial charge is 0.305 e. The predicted octanol–water partition coefficient (Wildman–Crippen LogP) is 1.98. The molecular formula is C16H28O4. The van der Waals surface area contributed by atoms with Crippen LogP contribution >= 0.6 is 0 Å². The number of hydrogen-bond donors (Lipinski definition) is 2. The summed E-state index contributed by atoms with van der Waals surface area (Å²) >= 11 is 0. The molecule has 0 aromatic carbocycles. The third-order valence-electron chi connectivity index (χ3n) is 6.10. The number of carbonyl (C=O) groups excluding carboxylic acids is 1. The predicted molar refractivity (Wildman–Crippen MR) is 75.9 cm³/mol. The Morgan fingerprint density at radius 3 is 2.55 bits per heavy atom. The van der Waals surface area contributed by atoms with E-state index in [0.717, 1.165) is 19.3 Å². The van der Waals surface area contributed by atoms with Gasteiger partial charge in [0.25, 0.3) is 0 Å². The van der Waals surface area contributed by atoms with Crippen molar-refractivity contribution in [2.75, 3.05) is 13.7 Å². The molecule has 2 fully saturated rings. The fourth-order valence-corrected chi connectivity index (χ4v) is 5.09. The molecule has 0 unspecified atom stereocenters. The Hall–Kier alpha value is -0.610. The first-order chi connectivity index (χ1) is 9.29. The highest BCUT2D eigenvalue weighted by molar-refractivity contribution is 5.69. The molecule has 2 aliphatic carbocycles. The second kappa shape index (κ2) is 5.30. The van der Waals surface area contributed by atoms with E-state index in [0.29, 0.717) is 12.3 Å². The van der Waals surface area contributed by atoms with Crippen molar-refractivity contribution in [1.82, 2.24) is 0 Å². The molecule has 4 nitrogen and oxygen atoms in total. The summed E-state index contributed by atoms with van der Waals surface area (Å²) in [5.74, 6) is 0.313. The van der Waals surface area contributed by atoms with Crippen molar-refractivity contribution in [1.29, 1.82) is 0 Å². The largest absolute Gasteiger partial charge is 0.469 e. The van der Waals surface area contributed by atoms with Crippen LogP contribution in [-0.2, 0) is 9.53 Å². The lowest BCUT2D eigenvalue weighted by Gasteiger charge is -2.41. The van der Waals surface area contributed by atoms with Crippen LogP contribution in [0.1, 0.15) is 46.5 Å². The van der Waals surface area contributed by atoms with Gasteiger partial charge in [-0.2, -0.15) is 0 Å². The van der Waals surface area contributed by atoms with Gasteiger partial charge in [0.15, 0.2) is 0 Å². The van der Waals surface area contributed by atoms with E-state index in [2.05, 4.69) is 20.8 Å². The number of aliphatic hydroxyl groups is 2. The number of methoxy groups -OCH3 is 1. The quantitative estimate of drug-likeness (QED) is 0.778. The maximum absolute atomic E-state index is 11.7. The number of ether oxygens (including phenoxy) is 1. The third kappa shape index (κ3) is 2.17. The van der Waals surface area contributed by atoms with Crippen molar-refractivity contribution >= 4 is 5.97 Å². The van der Waals surface area contributed by atoms with Gasteiger partial charge in [-0.15, -0.1) is 0 Å². The summed E-state index contributed by atoms with van der Waals surface area (Å²) in [6, 6.07) is 0. The molecule has 2 rings (SSSR count). The third-order valence-corrected chi connectivity index (χ3v) is 6.10. The van der Waals surface area contributed by atoms with Crippen LogP contribution in [0.3, 0.4) is 0 Å². The van der Waals surface area contributed by atoms with Crippen LogP contribution < -0.4 is 0 Å². The number of rotatable bonds is 3. The van der Waals surface area contributed by atoms with Gasteiger partial charge in [-0.1, -0.05) is 20.8 Å². The van der Waals surface area contributed by atoms with Gasteiger partial charge in [-0.25, -0.2) is 0 Å². The Kier molecular flexibility index (Phi) is 4.18. The minimum atomic E-state index is -0.506. The molecule has 116 valence electrons. The standard InChI is InChI=1S/C16H28O4/c1-10-5-6-11(7-13(18)20-4)16(10)9-15(2,3)14(19)12(16)8-17/h10-12,14,17,19H,5-9H2,1-4H3/t10-,11+,12-,14-,16+/m1/s1. The van der Waals surface area contributed by atoms with E-state index in [1.54, 1.807) is 0 Å².